The van der Waals surface area contributed by atoms with Crippen LogP contribution in [-0.2, 0) is 9.47 Å². The van der Waals surface area contributed by atoms with Crippen LogP contribution in [0.2, 0.25) is 0 Å². The highest BCUT2D eigenvalue weighted by Gasteiger charge is 2.22. The second-order valence-electron chi connectivity index (χ2n) is 7.62. The number of ether oxygens (including phenoxy) is 2. The van der Waals surface area contributed by atoms with E-state index in [1.165, 1.54) is 5.56 Å². The third kappa shape index (κ3) is 4.68. The molecule has 2 aromatic heterocycles. The fraction of sp³-hybridized carbons (Fsp3) is 0.435. The first kappa shape index (κ1) is 21.9. The molecule has 0 saturated heterocycles. The molecule has 160 valence electrons. The lowest BCUT2D eigenvalue weighted by Crippen LogP contribution is -2.36. The molecule has 7 heteroatoms. The standard InChI is InChI=1S/C23H30N4O3/c1-16(2)27-22-20(15-24-27)19(23(28)26(10-12-29-4)11-13-30-5)14-21(25-22)18-8-6-17(3)7-9-18/h6-9,14-16H,10-13H2,1-5H3. The summed E-state index contributed by atoms with van der Waals surface area (Å²) in [6.07, 6.45) is 1.74. The molecule has 0 atom stereocenters. The number of carbonyl (C=O) groups is 1. The lowest BCUT2D eigenvalue weighted by atomic mass is 10.0. The van der Waals surface area contributed by atoms with Crippen molar-refractivity contribution < 1.29 is 14.3 Å². The maximum atomic E-state index is 13.5. The van der Waals surface area contributed by atoms with Crippen molar-refractivity contribution in [3.8, 4) is 11.3 Å². The van der Waals surface area contributed by atoms with E-state index in [0.29, 0.717) is 37.5 Å². The first-order valence-electron chi connectivity index (χ1n) is 10.2. The Morgan fingerprint density at radius 3 is 2.30 bits per heavy atom. The van der Waals surface area contributed by atoms with Gasteiger partial charge in [0.2, 0.25) is 0 Å². The molecular formula is C23H30N4O3. The normalized spacial score (nSPS) is 11.4. The molecule has 0 radical (unpaired) electrons. The maximum absolute atomic E-state index is 13.5. The highest BCUT2D eigenvalue weighted by molar-refractivity contribution is 6.06. The SMILES string of the molecule is COCCN(CCOC)C(=O)c1cc(-c2ccc(C)cc2)nc2c1cnn2C(C)C. The van der Waals surface area contributed by atoms with Crippen LogP contribution in [0, 0.1) is 6.92 Å². The molecule has 1 amide bonds. The van der Waals surface area contributed by atoms with Gasteiger partial charge in [-0.15, -0.1) is 0 Å². The average molecular weight is 411 g/mol. The van der Waals surface area contributed by atoms with Crippen LogP contribution in [0.5, 0.6) is 0 Å². The third-order valence-electron chi connectivity index (χ3n) is 5.05. The van der Waals surface area contributed by atoms with E-state index in [9.17, 15) is 4.79 Å². The Kier molecular flexibility index (Phi) is 7.18. The van der Waals surface area contributed by atoms with Crippen molar-refractivity contribution in [2.75, 3.05) is 40.5 Å². The van der Waals surface area contributed by atoms with E-state index >= 15 is 0 Å². The van der Waals surface area contributed by atoms with Crippen molar-refractivity contribution in [2.24, 2.45) is 0 Å². The minimum absolute atomic E-state index is 0.0758. The molecule has 0 saturated carbocycles. The molecule has 0 bridgehead atoms. The van der Waals surface area contributed by atoms with Crippen molar-refractivity contribution in [2.45, 2.75) is 26.8 Å². The summed E-state index contributed by atoms with van der Waals surface area (Å²) < 4.78 is 12.3. The second-order valence-corrected chi connectivity index (χ2v) is 7.62. The molecule has 3 rings (SSSR count). The zero-order chi connectivity index (χ0) is 21.7. The lowest BCUT2D eigenvalue weighted by Gasteiger charge is -2.23. The molecule has 0 aliphatic carbocycles. The van der Waals surface area contributed by atoms with E-state index < -0.39 is 0 Å². The van der Waals surface area contributed by atoms with Gasteiger partial charge in [0.05, 0.1) is 36.1 Å². The third-order valence-corrected chi connectivity index (χ3v) is 5.05. The zero-order valence-corrected chi connectivity index (χ0v) is 18.4. The molecule has 3 aromatic rings. The Labute approximate surface area is 177 Å². The number of pyridine rings is 1. The number of rotatable bonds is 9. The van der Waals surface area contributed by atoms with Gasteiger partial charge < -0.3 is 14.4 Å². The van der Waals surface area contributed by atoms with Gasteiger partial charge in [0.1, 0.15) is 0 Å². The molecular weight excluding hydrogens is 380 g/mol. The van der Waals surface area contributed by atoms with E-state index in [0.717, 1.165) is 16.6 Å². The van der Waals surface area contributed by atoms with E-state index in [2.05, 4.69) is 18.9 Å². The fourth-order valence-electron chi connectivity index (χ4n) is 3.33. The van der Waals surface area contributed by atoms with Crippen LogP contribution in [-0.4, -0.2) is 66.1 Å². The van der Waals surface area contributed by atoms with Crippen LogP contribution in [0.25, 0.3) is 22.3 Å². The molecule has 0 aliphatic heterocycles. The topological polar surface area (TPSA) is 69.5 Å². The monoisotopic (exact) mass is 410 g/mol. The number of nitrogens with zero attached hydrogens (tertiary/aromatic N) is 4. The molecule has 0 spiro atoms. The van der Waals surface area contributed by atoms with Crippen molar-refractivity contribution in [3.63, 3.8) is 0 Å². The minimum Gasteiger partial charge on any atom is -0.383 e. The summed E-state index contributed by atoms with van der Waals surface area (Å²) in [4.78, 5) is 20.2. The molecule has 2 heterocycles. The van der Waals surface area contributed by atoms with E-state index in [-0.39, 0.29) is 11.9 Å². The zero-order valence-electron chi connectivity index (χ0n) is 18.4. The molecule has 0 fully saturated rings. The first-order chi connectivity index (χ1) is 14.5. The molecule has 0 aliphatic rings. The Hall–Kier alpha value is -2.77. The van der Waals surface area contributed by atoms with Crippen molar-refractivity contribution in [3.05, 3.63) is 47.7 Å². The number of methoxy groups -OCH3 is 2. The number of fused-ring (bicyclic) bond motifs is 1. The second kappa shape index (κ2) is 9.82. The van der Waals surface area contributed by atoms with Crippen LogP contribution in [0.1, 0.15) is 35.8 Å². The Bertz CT molecular complexity index is 988. The number of aryl methyl sites for hydroxylation is 1. The van der Waals surface area contributed by atoms with Gasteiger partial charge in [0.15, 0.2) is 5.65 Å². The van der Waals surface area contributed by atoms with E-state index in [1.54, 1.807) is 25.3 Å². The number of aromatic nitrogens is 3. The van der Waals surface area contributed by atoms with E-state index in [4.69, 9.17) is 14.5 Å². The Balaban J connectivity index is 2.13. The van der Waals surface area contributed by atoms with Crippen molar-refractivity contribution in [1.82, 2.24) is 19.7 Å². The summed E-state index contributed by atoms with van der Waals surface area (Å²) in [5.41, 5.74) is 4.20. The highest BCUT2D eigenvalue weighted by Crippen LogP contribution is 2.27. The number of hydrogen-bond donors (Lipinski definition) is 0. The minimum atomic E-state index is -0.0758. The van der Waals surface area contributed by atoms with Gasteiger partial charge in [-0.2, -0.15) is 5.10 Å². The molecule has 30 heavy (non-hydrogen) atoms. The van der Waals surface area contributed by atoms with Crippen LogP contribution in [0.3, 0.4) is 0 Å². The largest absolute Gasteiger partial charge is 0.383 e. The fourth-order valence-corrected chi connectivity index (χ4v) is 3.33. The predicted molar refractivity (Wildman–Crippen MR) is 118 cm³/mol. The maximum Gasteiger partial charge on any atom is 0.254 e. The van der Waals surface area contributed by atoms with Crippen LogP contribution < -0.4 is 0 Å². The van der Waals surface area contributed by atoms with Gasteiger partial charge in [-0.05, 0) is 26.8 Å². The molecule has 7 nitrogen and oxygen atoms in total. The van der Waals surface area contributed by atoms with Crippen LogP contribution in [0.15, 0.2) is 36.5 Å². The van der Waals surface area contributed by atoms with E-state index in [1.807, 2.05) is 41.9 Å². The quantitative estimate of drug-likeness (QED) is 0.538. The molecule has 1 aromatic carbocycles. The van der Waals surface area contributed by atoms with Gasteiger partial charge in [-0.25, -0.2) is 9.67 Å². The highest BCUT2D eigenvalue weighted by atomic mass is 16.5. The average Bonchev–Trinajstić information content (AvgIpc) is 3.17. The van der Waals surface area contributed by atoms with Gasteiger partial charge in [-0.1, -0.05) is 29.8 Å². The number of benzene rings is 1. The summed E-state index contributed by atoms with van der Waals surface area (Å²) in [6, 6.07) is 10.2. The van der Waals surface area contributed by atoms with Crippen molar-refractivity contribution in [1.29, 1.82) is 0 Å². The Morgan fingerprint density at radius 1 is 1.10 bits per heavy atom. The number of carbonyl (C=O) groups excluding carboxylic acids is 1. The predicted octanol–water partition coefficient (Wildman–Crippen LogP) is 3.72. The summed E-state index contributed by atoms with van der Waals surface area (Å²) in [5.74, 6) is -0.0758. The van der Waals surface area contributed by atoms with Gasteiger partial charge >= 0.3 is 0 Å². The first-order valence-corrected chi connectivity index (χ1v) is 10.2. The smallest absolute Gasteiger partial charge is 0.254 e. The van der Waals surface area contributed by atoms with Gasteiger partial charge in [-0.3, -0.25) is 4.79 Å². The lowest BCUT2D eigenvalue weighted by molar-refractivity contribution is 0.0629. The van der Waals surface area contributed by atoms with Crippen LogP contribution in [0.4, 0.5) is 0 Å². The summed E-state index contributed by atoms with van der Waals surface area (Å²) in [5, 5.41) is 5.26. The van der Waals surface area contributed by atoms with Gasteiger partial charge in [0.25, 0.3) is 5.91 Å². The Morgan fingerprint density at radius 2 is 1.73 bits per heavy atom. The summed E-state index contributed by atoms with van der Waals surface area (Å²) in [7, 11) is 3.26. The van der Waals surface area contributed by atoms with Crippen LogP contribution >= 0.6 is 0 Å². The summed E-state index contributed by atoms with van der Waals surface area (Å²) >= 11 is 0. The van der Waals surface area contributed by atoms with Gasteiger partial charge in [0, 0.05) is 38.9 Å². The molecule has 0 unspecified atom stereocenters. The summed E-state index contributed by atoms with van der Waals surface area (Å²) in [6.45, 7) is 8.04. The number of hydrogen-bond acceptors (Lipinski definition) is 5. The molecule has 0 N–H and O–H groups in total. The number of amides is 1. The van der Waals surface area contributed by atoms with Crippen molar-refractivity contribution >= 4 is 16.9 Å².